The van der Waals surface area contributed by atoms with Crippen LogP contribution in [0.15, 0.2) is 0 Å². The van der Waals surface area contributed by atoms with E-state index in [-0.39, 0.29) is 11.1 Å². The summed E-state index contributed by atoms with van der Waals surface area (Å²) in [7, 11) is 0.904. The van der Waals surface area contributed by atoms with E-state index in [2.05, 4.69) is 33.9 Å². The molecule has 0 amide bonds. The lowest BCUT2D eigenvalue weighted by molar-refractivity contribution is -0.308. The number of hydrogen-bond acceptors (Lipinski definition) is 6. The van der Waals surface area contributed by atoms with Crippen molar-refractivity contribution in [3.05, 3.63) is 0 Å². The summed E-state index contributed by atoms with van der Waals surface area (Å²) < 4.78 is 41.6. The van der Waals surface area contributed by atoms with E-state index >= 15 is 0 Å². The van der Waals surface area contributed by atoms with Crippen molar-refractivity contribution < 1.29 is 27.5 Å². The highest BCUT2D eigenvalue weighted by atomic mass is 31.2. The van der Waals surface area contributed by atoms with Crippen LogP contribution in [-0.4, -0.2) is 53.1 Å². The van der Waals surface area contributed by atoms with Gasteiger partial charge in [0, 0.05) is 18.8 Å². The molecule has 0 saturated carbocycles. The van der Waals surface area contributed by atoms with Crippen molar-refractivity contribution >= 4 is 23.8 Å². The van der Waals surface area contributed by atoms with Gasteiger partial charge in [0.1, 0.15) is 7.85 Å². The summed E-state index contributed by atoms with van der Waals surface area (Å²) in [5.74, 6) is -1.44. The Morgan fingerprint density at radius 1 is 1.16 bits per heavy atom. The van der Waals surface area contributed by atoms with Crippen molar-refractivity contribution in [2.45, 2.75) is 89.3 Å². The largest absolute Gasteiger partial charge is 0.412 e. The Balaban J connectivity index is 2.00. The van der Waals surface area contributed by atoms with Crippen LogP contribution in [0.5, 0.6) is 0 Å². The normalized spacial score (nSPS) is 33.6. The van der Waals surface area contributed by atoms with Crippen molar-refractivity contribution in [2.24, 2.45) is 0 Å². The molecule has 0 aromatic rings. The van der Waals surface area contributed by atoms with Crippen LogP contribution in [-0.2, 0) is 27.5 Å². The molecule has 6 nitrogen and oxygen atoms in total. The Morgan fingerprint density at radius 2 is 1.68 bits per heavy atom. The molecule has 2 heterocycles. The highest BCUT2D eigenvalue weighted by Crippen LogP contribution is 2.63. The standard InChI is InChI=1S/C16H32BO6PSi/c1-8-19-24(18,20-9-2)13-11-16(21-13)10-12(14(17)22-16)23-25(6,7)15(3,4)5/h12-14H,8-11H2,1-7H3/t12?,13?,14-,16-/m1/s1. The summed E-state index contributed by atoms with van der Waals surface area (Å²) in [5, 5.41) is 0.0884. The lowest BCUT2D eigenvalue weighted by Crippen LogP contribution is -2.51. The summed E-state index contributed by atoms with van der Waals surface area (Å²) in [5.41, 5.74) is 0. The average molecular weight is 390 g/mol. The highest BCUT2D eigenvalue weighted by Gasteiger charge is 2.61. The minimum absolute atomic E-state index is 0.0884. The van der Waals surface area contributed by atoms with E-state index in [1.807, 2.05) is 0 Å². The van der Waals surface area contributed by atoms with Gasteiger partial charge in [-0.05, 0) is 32.0 Å². The summed E-state index contributed by atoms with van der Waals surface area (Å²) in [6.45, 7) is 15.1. The molecule has 0 aromatic heterocycles. The van der Waals surface area contributed by atoms with Crippen molar-refractivity contribution in [1.29, 1.82) is 0 Å². The molecule has 0 N–H and O–H groups in total. The third kappa shape index (κ3) is 4.42. The smallest absolute Gasteiger partial charge is 0.359 e. The van der Waals surface area contributed by atoms with Gasteiger partial charge >= 0.3 is 7.60 Å². The van der Waals surface area contributed by atoms with Gasteiger partial charge in [0.2, 0.25) is 0 Å². The van der Waals surface area contributed by atoms with E-state index in [1.54, 1.807) is 13.8 Å². The van der Waals surface area contributed by atoms with Crippen LogP contribution in [0.25, 0.3) is 0 Å². The van der Waals surface area contributed by atoms with E-state index < -0.39 is 33.5 Å². The molecule has 2 aliphatic heterocycles. The number of hydrogen-bond donors (Lipinski definition) is 0. The molecule has 2 aliphatic rings. The zero-order valence-corrected chi connectivity index (χ0v) is 18.4. The third-order valence-corrected chi connectivity index (χ3v) is 12.0. The second-order valence-corrected chi connectivity index (χ2v) is 15.2. The molecule has 0 bridgehead atoms. The highest BCUT2D eigenvalue weighted by molar-refractivity contribution is 7.54. The minimum atomic E-state index is -3.28. The van der Waals surface area contributed by atoms with Gasteiger partial charge < -0.3 is 22.9 Å². The Labute approximate surface area is 154 Å². The molecule has 2 radical (unpaired) electrons. The fourth-order valence-electron chi connectivity index (χ4n) is 2.91. The lowest BCUT2D eigenvalue weighted by Gasteiger charge is -2.46. The first kappa shape index (κ1) is 21.6. The Hall–Kier alpha value is 0.312. The first-order valence-electron chi connectivity index (χ1n) is 9.06. The molecule has 2 saturated heterocycles. The van der Waals surface area contributed by atoms with E-state index in [4.69, 9.17) is 30.8 Å². The predicted octanol–water partition coefficient (Wildman–Crippen LogP) is 4.00. The molecule has 25 heavy (non-hydrogen) atoms. The van der Waals surface area contributed by atoms with Gasteiger partial charge in [-0.15, -0.1) is 0 Å². The summed E-state index contributed by atoms with van der Waals surface area (Å²) in [4.78, 5) is 0. The van der Waals surface area contributed by atoms with Crippen molar-refractivity contribution in [2.75, 3.05) is 13.2 Å². The molecule has 2 unspecified atom stereocenters. The van der Waals surface area contributed by atoms with Gasteiger partial charge in [-0.1, -0.05) is 20.8 Å². The quantitative estimate of drug-likeness (QED) is 0.484. The minimum Gasteiger partial charge on any atom is -0.412 e. The molecular weight excluding hydrogens is 358 g/mol. The van der Waals surface area contributed by atoms with E-state index in [9.17, 15) is 4.57 Å². The monoisotopic (exact) mass is 390 g/mol. The topological polar surface area (TPSA) is 63.2 Å². The van der Waals surface area contributed by atoms with Crippen LogP contribution in [0, 0.1) is 0 Å². The van der Waals surface area contributed by atoms with Gasteiger partial charge in [0.05, 0.1) is 19.3 Å². The van der Waals surface area contributed by atoms with Crippen LogP contribution in [0.4, 0.5) is 0 Å². The van der Waals surface area contributed by atoms with Crippen LogP contribution < -0.4 is 0 Å². The third-order valence-electron chi connectivity index (χ3n) is 5.29. The van der Waals surface area contributed by atoms with Gasteiger partial charge in [0.25, 0.3) is 0 Å². The molecule has 0 aliphatic carbocycles. The molecule has 144 valence electrons. The van der Waals surface area contributed by atoms with E-state index in [0.29, 0.717) is 26.1 Å². The van der Waals surface area contributed by atoms with Crippen LogP contribution in [0.3, 0.4) is 0 Å². The second-order valence-electron chi connectivity index (χ2n) is 8.27. The summed E-state index contributed by atoms with van der Waals surface area (Å²) in [6, 6.07) is -0.548. The SMILES string of the molecule is [B][C@@H]1O[C@]2(CC1O[Si](C)(C)C(C)(C)C)CC(P(=O)(OCC)OCC)O2. The predicted molar refractivity (Wildman–Crippen MR) is 100 cm³/mol. The van der Waals surface area contributed by atoms with Gasteiger partial charge in [-0.2, -0.15) is 0 Å². The zero-order chi connectivity index (χ0) is 19.1. The molecule has 2 rings (SSSR count). The van der Waals surface area contributed by atoms with Crippen molar-refractivity contribution in [1.82, 2.24) is 0 Å². The Kier molecular flexibility index (Phi) is 6.38. The molecule has 1 spiro atoms. The van der Waals surface area contributed by atoms with E-state index in [1.165, 1.54) is 0 Å². The maximum atomic E-state index is 12.8. The average Bonchev–Trinajstić information content (AvgIpc) is 2.73. The summed E-state index contributed by atoms with van der Waals surface area (Å²) in [6.07, 6.45) is 0.755. The summed E-state index contributed by atoms with van der Waals surface area (Å²) >= 11 is 0. The molecule has 9 heteroatoms. The maximum Gasteiger partial charge on any atom is 0.359 e. The molecular formula is C16H32BO6PSi. The van der Waals surface area contributed by atoms with Crippen LogP contribution >= 0.6 is 7.60 Å². The maximum absolute atomic E-state index is 12.8. The van der Waals surface area contributed by atoms with Crippen molar-refractivity contribution in [3.63, 3.8) is 0 Å². The van der Waals surface area contributed by atoms with E-state index in [0.717, 1.165) is 0 Å². The van der Waals surface area contributed by atoms with Crippen LogP contribution in [0.2, 0.25) is 18.1 Å². The first-order chi connectivity index (χ1) is 11.4. The van der Waals surface area contributed by atoms with Gasteiger partial charge in [-0.3, -0.25) is 4.57 Å². The zero-order valence-electron chi connectivity index (χ0n) is 16.5. The number of ether oxygens (including phenoxy) is 2. The fraction of sp³-hybridized carbons (Fsp3) is 1.00. The second kappa shape index (κ2) is 7.38. The fourth-order valence-corrected chi connectivity index (χ4v) is 6.19. The molecule has 4 atom stereocenters. The Morgan fingerprint density at radius 3 is 2.12 bits per heavy atom. The number of rotatable bonds is 7. The Bertz CT molecular complexity index is 507. The molecule has 2 fully saturated rings. The van der Waals surface area contributed by atoms with Gasteiger partial charge in [0.15, 0.2) is 19.9 Å². The van der Waals surface area contributed by atoms with Gasteiger partial charge in [-0.25, -0.2) is 0 Å². The van der Waals surface area contributed by atoms with Crippen LogP contribution in [0.1, 0.15) is 47.5 Å². The first-order valence-corrected chi connectivity index (χ1v) is 13.6. The lowest BCUT2D eigenvalue weighted by atomic mass is 9.93. The molecule has 0 aromatic carbocycles. The van der Waals surface area contributed by atoms with Crippen molar-refractivity contribution in [3.8, 4) is 0 Å².